The van der Waals surface area contributed by atoms with Crippen LogP contribution in [0, 0.1) is 0 Å². The second-order valence-corrected chi connectivity index (χ2v) is 3.83. The van der Waals surface area contributed by atoms with Crippen molar-refractivity contribution in [2.45, 2.75) is 10.7 Å². The summed E-state index contributed by atoms with van der Waals surface area (Å²) in [6.45, 7) is 1.62. The molecule has 11 heavy (non-hydrogen) atoms. The lowest BCUT2D eigenvalue weighted by Crippen LogP contribution is -2.29. The molecule has 0 aromatic rings. The minimum atomic E-state index is -2.22. The molecule has 0 amide bonds. The highest BCUT2D eigenvalue weighted by atomic mass is 35.6. The summed E-state index contributed by atoms with van der Waals surface area (Å²) >= 11 is 15.3. The van der Waals surface area contributed by atoms with Gasteiger partial charge in [0.05, 0.1) is 6.61 Å². The van der Waals surface area contributed by atoms with Gasteiger partial charge in [-0.15, -0.1) is 0 Å². The quantitative estimate of drug-likeness (QED) is 0.401. The Labute approximate surface area is 78.5 Å². The third-order valence-electron chi connectivity index (χ3n) is 0.718. The van der Waals surface area contributed by atoms with Gasteiger partial charge in [0.15, 0.2) is 0 Å². The van der Waals surface area contributed by atoms with E-state index < -0.39 is 15.5 Å². The summed E-state index contributed by atoms with van der Waals surface area (Å²) in [5.41, 5.74) is 0. The van der Waals surface area contributed by atoms with E-state index in [0.717, 1.165) is 0 Å². The largest absolute Gasteiger partial charge is 0.460 e. The van der Waals surface area contributed by atoms with Gasteiger partial charge in [-0.05, 0) is 6.92 Å². The number of esters is 1. The summed E-state index contributed by atoms with van der Waals surface area (Å²) in [7, 11) is 0. The number of rotatable bonds is 2. The van der Waals surface area contributed by atoms with Gasteiger partial charge >= 0.3 is 5.97 Å². The van der Waals surface area contributed by atoms with E-state index >= 15 is 0 Å². The zero-order valence-electron chi connectivity index (χ0n) is 5.57. The van der Waals surface area contributed by atoms with Crippen LogP contribution in [0.1, 0.15) is 6.92 Å². The molecule has 0 radical (unpaired) electrons. The van der Waals surface area contributed by atoms with E-state index in [4.69, 9.17) is 34.8 Å². The molecule has 0 bridgehead atoms. The summed E-state index contributed by atoms with van der Waals surface area (Å²) in [6, 6.07) is 0. The Kier molecular flexibility index (Phi) is 4.14. The zero-order valence-corrected chi connectivity index (χ0v) is 7.83. The molecule has 0 N–H and O–H groups in total. The minimum Gasteiger partial charge on any atom is -0.460 e. The molecular formula is C5H5Cl3O3. The first-order valence-corrected chi connectivity index (χ1v) is 3.81. The van der Waals surface area contributed by atoms with Crippen molar-refractivity contribution >= 4 is 46.6 Å². The predicted molar refractivity (Wildman–Crippen MR) is 41.9 cm³/mol. The second kappa shape index (κ2) is 4.14. The van der Waals surface area contributed by atoms with Crippen LogP contribution in [0.15, 0.2) is 0 Å². The Morgan fingerprint density at radius 1 is 1.36 bits per heavy atom. The number of Topliss-reactive ketones (excluding diaryl/α,β-unsaturated/α-hetero) is 1. The standard InChI is InChI=1S/C5H5Cl3O3/c1-2-11-4(10)3(9)5(6,7)8/h2H2,1H3. The second-order valence-electron chi connectivity index (χ2n) is 1.55. The van der Waals surface area contributed by atoms with Crippen molar-refractivity contribution in [3.63, 3.8) is 0 Å². The molecule has 0 atom stereocenters. The molecule has 3 nitrogen and oxygen atoms in total. The topological polar surface area (TPSA) is 43.4 Å². The van der Waals surface area contributed by atoms with E-state index in [-0.39, 0.29) is 6.61 Å². The van der Waals surface area contributed by atoms with E-state index in [1.54, 1.807) is 6.92 Å². The average Bonchev–Trinajstić information content (AvgIpc) is 1.85. The monoisotopic (exact) mass is 218 g/mol. The van der Waals surface area contributed by atoms with Crippen LogP contribution in [0.25, 0.3) is 0 Å². The summed E-state index contributed by atoms with van der Waals surface area (Å²) in [5.74, 6) is -2.31. The normalized spacial score (nSPS) is 10.9. The first kappa shape index (κ1) is 11.0. The smallest absolute Gasteiger partial charge is 0.379 e. The third kappa shape index (κ3) is 3.79. The van der Waals surface area contributed by atoms with Crippen molar-refractivity contribution in [3.8, 4) is 0 Å². The van der Waals surface area contributed by atoms with Gasteiger partial charge in [0.25, 0.3) is 9.58 Å². The average molecular weight is 219 g/mol. The predicted octanol–water partition coefficient (Wildman–Crippen LogP) is 1.49. The van der Waals surface area contributed by atoms with Crippen LogP contribution in [-0.2, 0) is 14.3 Å². The van der Waals surface area contributed by atoms with E-state index in [2.05, 4.69) is 4.74 Å². The van der Waals surface area contributed by atoms with Crippen LogP contribution in [0.4, 0.5) is 0 Å². The van der Waals surface area contributed by atoms with Crippen LogP contribution >= 0.6 is 34.8 Å². The summed E-state index contributed by atoms with van der Waals surface area (Å²) in [4.78, 5) is 21.2. The van der Waals surface area contributed by atoms with Crippen molar-refractivity contribution in [2.75, 3.05) is 6.61 Å². The van der Waals surface area contributed by atoms with Crippen LogP contribution in [-0.4, -0.2) is 22.2 Å². The van der Waals surface area contributed by atoms with Crippen molar-refractivity contribution in [1.29, 1.82) is 0 Å². The maximum atomic E-state index is 10.7. The molecule has 0 fully saturated rings. The SMILES string of the molecule is CCOC(=O)C(=O)C(Cl)(Cl)Cl. The fourth-order valence-corrected chi connectivity index (χ4v) is 0.544. The lowest BCUT2D eigenvalue weighted by Gasteiger charge is -2.06. The number of carbonyl (C=O) groups excluding carboxylic acids is 2. The van der Waals surface area contributed by atoms with Crippen LogP contribution in [0.5, 0.6) is 0 Å². The highest BCUT2D eigenvalue weighted by Gasteiger charge is 2.37. The lowest BCUT2D eigenvalue weighted by molar-refractivity contribution is -0.153. The minimum absolute atomic E-state index is 0.0747. The van der Waals surface area contributed by atoms with E-state index in [9.17, 15) is 9.59 Å². The summed E-state index contributed by atoms with van der Waals surface area (Å²) < 4.78 is 2.07. The third-order valence-corrected chi connectivity index (χ3v) is 1.23. The summed E-state index contributed by atoms with van der Waals surface area (Å²) in [5, 5.41) is 0. The molecule has 0 heterocycles. The number of ether oxygens (including phenoxy) is 1. The molecular weight excluding hydrogens is 214 g/mol. The molecule has 0 rings (SSSR count). The molecule has 6 heteroatoms. The number of alkyl halides is 3. The van der Waals surface area contributed by atoms with Gasteiger partial charge < -0.3 is 4.74 Å². The van der Waals surface area contributed by atoms with Gasteiger partial charge in [0.2, 0.25) is 0 Å². The van der Waals surface area contributed by atoms with Gasteiger partial charge in [-0.25, -0.2) is 4.79 Å². The number of hydrogen-bond acceptors (Lipinski definition) is 3. The molecule has 0 aliphatic heterocycles. The molecule has 64 valence electrons. The molecule has 0 saturated carbocycles. The van der Waals surface area contributed by atoms with Crippen LogP contribution in [0.3, 0.4) is 0 Å². The zero-order chi connectivity index (χ0) is 9.07. The number of ketones is 1. The van der Waals surface area contributed by atoms with E-state index in [1.807, 2.05) is 0 Å². The maximum Gasteiger partial charge on any atom is 0.379 e. The molecule has 0 aromatic carbocycles. The van der Waals surface area contributed by atoms with Crippen molar-refractivity contribution in [2.24, 2.45) is 0 Å². The van der Waals surface area contributed by atoms with Crippen LogP contribution < -0.4 is 0 Å². The Morgan fingerprint density at radius 2 is 1.82 bits per heavy atom. The molecule has 0 aliphatic rings. The Balaban J connectivity index is 4.15. The number of halogens is 3. The van der Waals surface area contributed by atoms with Crippen molar-refractivity contribution in [3.05, 3.63) is 0 Å². The Bertz CT molecular complexity index is 172. The Hall–Kier alpha value is 0.01000. The first-order chi connectivity index (χ1) is 4.89. The van der Waals surface area contributed by atoms with E-state index in [0.29, 0.717) is 0 Å². The first-order valence-electron chi connectivity index (χ1n) is 2.68. The van der Waals surface area contributed by atoms with Crippen molar-refractivity contribution < 1.29 is 14.3 Å². The molecule has 0 aromatic heterocycles. The van der Waals surface area contributed by atoms with E-state index in [1.165, 1.54) is 0 Å². The van der Waals surface area contributed by atoms with Crippen molar-refractivity contribution in [1.82, 2.24) is 0 Å². The number of hydrogen-bond donors (Lipinski definition) is 0. The van der Waals surface area contributed by atoms with Gasteiger partial charge in [-0.1, -0.05) is 34.8 Å². The fraction of sp³-hybridized carbons (Fsp3) is 0.600. The van der Waals surface area contributed by atoms with Gasteiger partial charge in [-0.2, -0.15) is 0 Å². The van der Waals surface area contributed by atoms with Gasteiger partial charge in [0.1, 0.15) is 0 Å². The highest BCUT2D eigenvalue weighted by molar-refractivity contribution is 6.81. The molecule has 0 unspecified atom stereocenters. The highest BCUT2D eigenvalue weighted by Crippen LogP contribution is 2.27. The molecule has 0 aliphatic carbocycles. The number of carbonyl (C=O) groups is 2. The molecule has 0 saturated heterocycles. The van der Waals surface area contributed by atoms with Gasteiger partial charge in [0, 0.05) is 0 Å². The Morgan fingerprint density at radius 3 is 2.09 bits per heavy atom. The summed E-state index contributed by atoms with van der Waals surface area (Å²) in [6.07, 6.45) is 0. The van der Waals surface area contributed by atoms with Crippen LogP contribution in [0.2, 0.25) is 0 Å². The van der Waals surface area contributed by atoms with Gasteiger partial charge in [-0.3, -0.25) is 4.79 Å². The molecule has 0 spiro atoms. The lowest BCUT2D eigenvalue weighted by atomic mass is 10.4. The maximum absolute atomic E-state index is 10.7. The fourth-order valence-electron chi connectivity index (χ4n) is 0.312.